The number of hydrogen-bond acceptors (Lipinski definition) is 2. The minimum atomic E-state index is -0.918. The maximum Gasteiger partial charge on any atom is 0.137 e. The van der Waals surface area contributed by atoms with Crippen molar-refractivity contribution in [2.24, 2.45) is 5.41 Å². The molecular weight excluding hydrogens is 309 g/mol. The quantitative estimate of drug-likeness (QED) is 0.814. The second-order valence-electron chi connectivity index (χ2n) is 5.26. The fraction of sp³-hybridized carbons (Fsp3) is 0.533. The monoisotopic (exact) mass is 325 g/mol. The highest BCUT2D eigenvalue weighted by molar-refractivity contribution is 9.10. The molecule has 2 nitrogen and oxygen atoms in total. The van der Waals surface area contributed by atoms with Gasteiger partial charge in [0, 0.05) is 0 Å². The zero-order valence-corrected chi connectivity index (χ0v) is 12.3. The third-order valence-corrected chi connectivity index (χ3v) is 4.64. The van der Waals surface area contributed by atoms with Crippen molar-refractivity contribution in [3.63, 3.8) is 0 Å². The van der Waals surface area contributed by atoms with Crippen molar-refractivity contribution >= 4 is 15.9 Å². The largest absolute Gasteiger partial charge is 0.387 e. The van der Waals surface area contributed by atoms with Crippen molar-refractivity contribution < 1.29 is 9.50 Å². The lowest BCUT2D eigenvalue weighted by molar-refractivity contribution is 0.0514. The van der Waals surface area contributed by atoms with Crippen LogP contribution in [0.3, 0.4) is 0 Å². The molecule has 0 heterocycles. The van der Waals surface area contributed by atoms with Crippen molar-refractivity contribution in [2.45, 2.75) is 44.6 Å². The summed E-state index contributed by atoms with van der Waals surface area (Å²) >= 11 is 3.10. The van der Waals surface area contributed by atoms with Gasteiger partial charge in [-0.05, 0) is 46.5 Å². The summed E-state index contributed by atoms with van der Waals surface area (Å²) < 4.78 is 13.9. The molecule has 1 aliphatic rings. The highest BCUT2D eigenvalue weighted by atomic mass is 79.9. The number of hydrogen-bond donors (Lipinski definition) is 1. The van der Waals surface area contributed by atoms with Gasteiger partial charge in [-0.15, -0.1) is 0 Å². The van der Waals surface area contributed by atoms with Gasteiger partial charge in [-0.25, -0.2) is 4.39 Å². The van der Waals surface area contributed by atoms with Gasteiger partial charge >= 0.3 is 0 Å². The molecule has 1 unspecified atom stereocenters. The van der Waals surface area contributed by atoms with Crippen LogP contribution in [0.2, 0.25) is 0 Å². The van der Waals surface area contributed by atoms with Gasteiger partial charge in [0.1, 0.15) is 5.82 Å². The van der Waals surface area contributed by atoms with Gasteiger partial charge in [-0.2, -0.15) is 5.26 Å². The Morgan fingerprint density at radius 2 is 1.89 bits per heavy atom. The summed E-state index contributed by atoms with van der Waals surface area (Å²) in [5.74, 6) is -0.404. The molecule has 0 aromatic heterocycles. The summed E-state index contributed by atoms with van der Waals surface area (Å²) in [5, 5.41) is 20.0. The second kappa shape index (κ2) is 6.02. The maximum atomic E-state index is 13.6. The molecule has 0 saturated heterocycles. The van der Waals surface area contributed by atoms with E-state index in [2.05, 4.69) is 22.0 Å². The van der Waals surface area contributed by atoms with Crippen molar-refractivity contribution in [1.29, 1.82) is 5.26 Å². The second-order valence-corrected chi connectivity index (χ2v) is 6.11. The molecule has 0 radical (unpaired) electrons. The molecule has 1 fully saturated rings. The van der Waals surface area contributed by atoms with Crippen LogP contribution in [-0.4, -0.2) is 5.11 Å². The molecule has 1 N–H and O–H groups in total. The molecule has 19 heavy (non-hydrogen) atoms. The number of aliphatic hydroxyl groups is 1. The van der Waals surface area contributed by atoms with E-state index in [0.29, 0.717) is 22.9 Å². The van der Waals surface area contributed by atoms with Crippen LogP contribution in [0.4, 0.5) is 4.39 Å². The first-order valence-corrected chi connectivity index (χ1v) is 7.43. The zero-order valence-electron chi connectivity index (χ0n) is 10.7. The van der Waals surface area contributed by atoms with E-state index < -0.39 is 17.3 Å². The predicted octanol–water partition coefficient (Wildman–Crippen LogP) is 4.49. The average molecular weight is 326 g/mol. The molecule has 0 bridgehead atoms. The number of rotatable bonds is 2. The van der Waals surface area contributed by atoms with E-state index in [1.807, 2.05) is 0 Å². The first-order chi connectivity index (χ1) is 9.09. The SMILES string of the molecule is N#CC1(C(O)c2ccc(Br)c(F)c2)CCCCCC1. The van der Waals surface area contributed by atoms with E-state index in [1.54, 1.807) is 12.1 Å². The maximum absolute atomic E-state index is 13.6. The first-order valence-electron chi connectivity index (χ1n) is 6.63. The number of nitrogens with zero attached hydrogens (tertiary/aromatic N) is 1. The Kier molecular flexibility index (Phi) is 4.59. The molecule has 1 saturated carbocycles. The molecule has 1 aromatic carbocycles. The minimum Gasteiger partial charge on any atom is -0.387 e. The third kappa shape index (κ3) is 2.98. The summed E-state index contributed by atoms with van der Waals surface area (Å²) in [6.07, 6.45) is 4.55. The van der Waals surface area contributed by atoms with Crippen LogP contribution >= 0.6 is 15.9 Å². The molecule has 1 atom stereocenters. The van der Waals surface area contributed by atoms with Crippen LogP contribution in [0, 0.1) is 22.6 Å². The van der Waals surface area contributed by atoms with E-state index in [9.17, 15) is 14.8 Å². The highest BCUT2D eigenvalue weighted by Gasteiger charge is 2.39. The van der Waals surface area contributed by atoms with Crippen molar-refractivity contribution in [3.05, 3.63) is 34.1 Å². The molecular formula is C15H17BrFNO. The molecule has 0 aliphatic heterocycles. The van der Waals surface area contributed by atoms with Crippen molar-refractivity contribution in [3.8, 4) is 6.07 Å². The zero-order chi connectivity index (χ0) is 13.9. The van der Waals surface area contributed by atoms with E-state index >= 15 is 0 Å². The number of aliphatic hydroxyl groups excluding tert-OH is 1. The Hall–Kier alpha value is -0.920. The molecule has 2 rings (SSSR count). The molecule has 0 amide bonds. The van der Waals surface area contributed by atoms with E-state index in [0.717, 1.165) is 25.7 Å². The van der Waals surface area contributed by atoms with Crippen LogP contribution < -0.4 is 0 Å². The Labute approximate surface area is 121 Å². The lowest BCUT2D eigenvalue weighted by Gasteiger charge is -2.31. The Morgan fingerprint density at radius 1 is 1.26 bits per heavy atom. The fourth-order valence-corrected chi connectivity index (χ4v) is 3.05. The minimum absolute atomic E-state index is 0.371. The molecule has 102 valence electrons. The normalized spacial score (nSPS) is 20.3. The van der Waals surface area contributed by atoms with E-state index in [1.165, 1.54) is 6.07 Å². The molecule has 0 spiro atoms. The lowest BCUT2D eigenvalue weighted by Crippen LogP contribution is -2.27. The molecule has 1 aliphatic carbocycles. The smallest absolute Gasteiger partial charge is 0.137 e. The lowest BCUT2D eigenvalue weighted by atomic mass is 9.74. The van der Waals surface area contributed by atoms with Gasteiger partial charge in [0.2, 0.25) is 0 Å². The highest BCUT2D eigenvalue weighted by Crippen LogP contribution is 2.44. The number of halogens is 2. The predicted molar refractivity (Wildman–Crippen MR) is 74.8 cm³/mol. The Morgan fingerprint density at radius 3 is 2.42 bits per heavy atom. The van der Waals surface area contributed by atoms with Crippen molar-refractivity contribution in [1.82, 2.24) is 0 Å². The standard InChI is InChI=1S/C15H17BrFNO/c16-12-6-5-11(9-13(12)17)14(19)15(10-18)7-3-1-2-4-8-15/h5-6,9,14,19H,1-4,7-8H2. The number of benzene rings is 1. The van der Waals surface area contributed by atoms with Crippen LogP contribution in [-0.2, 0) is 0 Å². The van der Waals surface area contributed by atoms with Gasteiger partial charge in [0.25, 0.3) is 0 Å². The van der Waals surface area contributed by atoms with Crippen LogP contribution in [0.25, 0.3) is 0 Å². The van der Waals surface area contributed by atoms with Crippen molar-refractivity contribution in [2.75, 3.05) is 0 Å². The van der Waals surface area contributed by atoms with Gasteiger partial charge in [-0.3, -0.25) is 0 Å². The van der Waals surface area contributed by atoms with Crippen LogP contribution in [0.1, 0.15) is 50.2 Å². The topological polar surface area (TPSA) is 44.0 Å². The third-order valence-electron chi connectivity index (χ3n) is 4.00. The summed E-state index contributed by atoms with van der Waals surface area (Å²) in [4.78, 5) is 0. The van der Waals surface area contributed by atoms with Gasteiger partial charge in [0.15, 0.2) is 0 Å². The Bertz CT molecular complexity index is 489. The Balaban J connectivity index is 2.31. The summed E-state index contributed by atoms with van der Waals surface area (Å²) in [5.41, 5.74) is -0.277. The summed E-state index contributed by atoms with van der Waals surface area (Å²) in [6, 6.07) is 6.89. The summed E-state index contributed by atoms with van der Waals surface area (Å²) in [7, 11) is 0. The van der Waals surface area contributed by atoms with E-state index in [4.69, 9.17) is 0 Å². The number of nitriles is 1. The van der Waals surface area contributed by atoms with Crippen LogP contribution in [0.15, 0.2) is 22.7 Å². The van der Waals surface area contributed by atoms with Crippen LogP contribution in [0.5, 0.6) is 0 Å². The molecule has 4 heteroatoms. The average Bonchev–Trinajstić information content (AvgIpc) is 2.67. The van der Waals surface area contributed by atoms with Gasteiger partial charge < -0.3 is 5.11 Å². The fourth-order valence-electron chi connectivity index (χ4n) is 2.81. The van der Waals surface area contributed by atoms with Gasteiger partial charge in [0.05, 0.1) is 22.1 Å². The van der Waals surface area contributed by atoms with Gasteiger partial charge in [-0.1, -0.05) is 31.7 Å². The first kappa shape index (κ1) is 14.5. The summed E-state index contributed by atoms with van der Waals surface area (Å²) in [6.45, 7) is 0. The molecule has 1 aromatic rings. The van der Waals surface area contributed by atoms with E-state index in [-0.39, 0.29) is 0 Å².